The Morgan fingerprint density at radius 2 is 2.08 bits per heavy atom. The molecule has 0 saturated carbocycles. The number of anilines is 1. The standard InChI is InChI=1S/C18H21N3O3S/c1-9(2)21-6-5-12-14(8-21)25-18-15(12)17(24)19-16(20-18)11-4-3-10(22)7-13(11)23/h3-4,7,9,16,20,22-23H,5-6,8H2,1-2H3,(H,19,24)/t16-/m0/s1. The van der Waals surface area contributed by atoms with E-state index >= 15 is 0 Å². The fraction of sp³-hybridized carbons (Fsp3) is 0.389. The summed E-state index contributed by atoms with van der Waals surface area (Å²) in [6, 6.07) is 4.87. The van der Waals surface area contributed by atoms with Crippen LogP contribution in [0.5, 0.6) is 11.5 Å². The first kappa shape index (κ1) is 16.2. The number of carbonyl (C=O) groups excluding carboxylic acids is 1. The number of fused-ring (bicyclic) bond motifs is 3. The van der Waals surface area contributed by atoms with Gasteiger partial charge in [-0.25, -0.2) is 0 Å². The van der Waals surface area contributed by atoms with Gasteiger partial charge in [0.15, 0.2) is 0 Å². The number of aromatic hydroxyl groups is 2. The summed E-state index contributed by atoms with van der Waals surface area (Å²) in [5.41, 5.74) is 2.43. The molecule has 2 aliphatic heterocycles. The third-order valence-corrected chi connectivity index (χ3v) is 6.07. The van der Waals surface area contributed by atoms with Crippen LogP contribution in [0.25, 0.3) is 0 Å². The second-order valence-electron chi connectivity index (χ2n) is 6.82. The molecule has 4 rings (SSSR count). The van der Waals surface area contributed by atoms with Crippen molar-refractivity contribution in [2.45, 2.75) is 39.0 Å². The molecular formula is C18H21N3O3S. The molecule has 0 aliphatic carbocycles. The molecule has 0 bridgehead atoms. The van der Waals surface area contributed by atoms with Crippen molar-refractivity contribution in [3.05, 3.63) is 39.8 Å². The number of rotatable bonds is 2. The van der Waals surface area contributed by atoms with Crippen LogP contribution in [0, 0.1) is 0 Å². The molecule has 1 aromatic carbocycles. The third-order valence-electron chi connectivity index (χ3n) is 4.92. The van der Waals surface area contributed by atoms with Gasteiger partial charge >= 0.3 is 0 Å². The van der Waals surface area contributed by atoms with Gasteiger partial charge in [0, 0.05) is 35.6 Å². The summed E-state index contributed by atoms with van der Waals surface area (Å²) in [6.45, 7) is 6.21. The van der Waals surface area contributed by atoms with Crippen LogP contribution in [0.2, 0.25) is 0 Å². The van der Waals surface area contributed by atoms with Gasteiger partial charge in [-0.15, -0.1) is 11.3 Å². The summed E-state index contributed by atoms with van der Waals surface area (Å²) < 4.78 is 0. The fourth-order valence-electron chi connectivity index (χ4n) is 3.51. The lowest BCUT2D eigenvalue weighted by atomic mass is 9.99. The zero-order chi connectivity index (χ0) is 17.7. The minimum atomic E-state index is -0.512. The summed E-state index contributed by atoms with van der Waals surface area (Å²) in [5, 5.41) is 26.6. The Bertz CT molecular complexity index is 846. The van der Waals surface area contributed by atoms with Crippen molar-refractivity contribution in [2.75, 3.05) is 11.9 Å². The predicted octanol–water partition coefficient (Wildman–Crippen LogP) is 2.78. The van der Waals surface area contributed by atoms with E-state index in [1.165, 1.54) is 17.0 Å². The first-order valence-electron chi connectivity index (χ1n) is 8.42. The van der Waals surface area contributed by atoms with Crippen molar-refractivity contribution in [1.29, 1.82) is 0 Å². The zero-order valence-electron chi connectivity index (χ0n) is 14.2. The molecule has 25 heavy (non-hydrogen) atoms. The van der Waals surface area contributed by atoms with Crippen LogP contribution in [0.4, 0.5) is 5.00 Å². The minimum absolute atomic E-state index is 0.00978. The summed E-state index contributed by atoms with van der Waals surface area (Å²) in [6.07, 6.45) is 0.366. The number of phenols is 2. The lowest BCUT2D eigenvalue weighted by molar-refractivity contribution is 0.0934. The monoisotopic (exact) mass is 359 g/mol. The summed E-state index contributed by atoms with van der Waals surface area (Å²) in [5.74, 6) is -0.167. The van der Waals surface area contributed by atoms with Gasteiger partial charge in [-0.2, -0.15) is 0 Å². The first-order chi connectivity index (χ1) is 11.9. The van der Waals surface area contributed by atoms with E-state index in [0.717, 1.165) is 35.6 Å². The van der Waals surface area contributed by atoms with Crippen LogP contribution >= 0.6 is 11.3 Å². The maximum Gasteiger partial charge on any atom is 0.256 e. The molecule has 3 heterocycles. The molecule has 0 radical (unpaired) electrons. The maximum absolute atomic E-state index is 12.7. The highest BCUT2D eigenvalue weighted by Gasteiger charge is 2.34. The fourth-order valence-corrected chi connectivity index (χ4v) is 4.81. The Balaban J connectivity index is 1.67. The minimum Gasteiger partial charge on any atom is -0.508 e. The average Bonchev–Trinajstić information content (AvgIpc) is 2.92. The van der Waals surface area contributed by atoms with Gasteiger partial charge in [-0.05, 0) is 38.0 Å². The number of amides is 1. The topological polar surface area (TPSA) is 84.8 Å². The van der Waals surface area contributed by atoms with E-state index in [2.05, 4.69) is 29.4 Å². The van der Waals surface area contributed by atoms with Crippen LogP contribution in [0.1, 0.15) is 46.4 Å². The molecule has 0 spiro atoms. The molecule has 7 heteroatoms. The van der Waals surface area contributed by atoms with E-state index in [0.29, 0.717) is 11.6 Å². The first-order valence-corrected chi connectivity index (χ1v) is 9.23. The molecular weight excluding hydrogens is 338 g/mol. The van der Waals surface area contributed by atoms with E-state index < -0.39 is 6.17 Å². The van der Waals surface area contributed by atoms with Crippen molar-refractivity contribution < 1.29 is 15.0 Å². The average molecular weight is 359 g/mol. The predicted molar refractivity (Wildman–Crippen MR) is 97.2 cm³/mol. The van der Waals surface area contributed by atoms with Crippen molar-refractivity contribution in [3.8, 4) is 11.5 Å². The number of nitrogens with zero attached hydrogens (tertiary/aromatic N) is 1. The van der Waals surface area contributed by atoms with Crippen LogP contribution < -0.4 is 10.6 Å². The Morgan fingerprint density at radius 3 is 2.80 bits per heavy atom. The van der Waals surface area contributed by atoms with E-state index in [1.807, 2.05) is 0 Å². The molecule has 2 aliphatic rings. The van der Waals surface area contributed by atoms with Gasteiger partial charge in [0.05, 0.1) is 5.56 Å². The second-order valence-corrected chi connectivity index (χ2v) is 7.92. The normalized spacial score (nSPS) is 20.0. The van der Waals surface area contributed by atoms with Gasteiger partial charge in [-0.1, -0.05) is 0 Å². The molecule has 4 N–H and O–H groups in total. The van der Waals surface area contributed by atoms with Gasteiger partial charge in [-0.3, -0.25) is 9.69 Å². The smallest absolute Gasteiger partial charge is 0.256 e. The number of phenolic OH excluding ortho intramolecular Hbond substituents is 2. The highest BCUT2D eigenvalue weighted by atomic mass is 32.1. The van der Waals surface area contributed by atoms with Crippen LogP contribution in [-0.2, 0) is 13.0 Å². The molecule has 1 amide bonds. The summed E-state index contributed by atoms with van der Waals surface area (Å²) >= 11 is 1.63. The Morgan fingerprint density at radius 1 is 1.28 bits per heavy atom. The van der Waals surface area contributed by atoms with Crippen molar-refractivity contribution >= 4 is 22.2 Å². The molecule has 0 fully saturated rings. The lowest BCUT2D eigenvalue weighted by Gasteiger charge is -2.31. The third kappa shape index (κ3) is 2.73. The molecule has 1 aromatic heterocycles. The molecule has 132 valence electrons. The van der Waals surface area contributed by atoms with Crippen molar-refractivity contribution in [3.63, 3.8) is 0 Å². The van der Waals surface area contributed by atoms with Crippen LogP contribution in [-0.4, -0.2) is 33.6 Å². The van der Waals surface area contributed by atoms with Gasteiger partial charge in [0.2, 0.25) is 0 Å². The number of nitrogens with one attached hydrogen (secondary N) is 2. The quantitative estimate of drug-likeness (QED) is 0.663. The van der Waals surface area contributed by atoms with Crippen LogP contribution in [0.3, 0.4) is 0 Å². The SMILES string of the molecule is CC(C)N1CCc2c(sc3c2C(=O)N[C@H](c2ccc(O)cc2O)N3)C1. The number of carbonyl (C=O) groups is 1. The van der Waals surface area contributed by atoms with Gasteiger partial charge in [0.25, 0.3) is 5.91 Å². The molecule has 0 unspecified atom stereocenters. The maximum atomic E-state index is 12.7. The van der Waals surface area contributed by atoms with Gasteiger partial charge in [0.1, 0.15) is 22.7 Å². The zero-order valence-corrected chi connectivity index (χ0v) is 15.0. The van der Waals surface area contributed by atoms with Crippen molar-refractivity contribution in [2.24, 2.45) is 0 Å². The lowest BCUT2D eigenvalue weighted by Crippen LogP contribution is -2.39. The largest absolute Gasteiger partial charge is 0.508 e. The molecule has 2 aromatic rings. The van der Waals surface area contributed by atoms with Gasteiger partial charge < -0.3 is 20.8 Å². The second kappa shape index (κ2) is 5.93. The highest BCUT2D eigenvalue weighted by Crippen LogP contribution is 2.42. The Hall–Kier alpha value is -2.25. The number of thiophene rings is 1. The van der Waals surface area contributed by atoms with E-state index in [9.17, 15) is 15.0 Å². The van der Waals surface area contributed by atoms with E-state index in [1.54, 1.807) is 17.4 Å². The number of hydrogen-bond acceptors (Lipinski definition) is 6. The Kier molecular flexibility index (Phi) is 3.85. The number of benzene rings is 1. The molecule has 6 nitrogen and oxygen atoms in total. The van der Waals surface area contributed by atoms with Crippen LogP contribution in [0.15, 0.2) is 18.2 Å². The highest BCUT2D eigenvalue weighted by molar-refractivity contribution is 7.16. The molecule has 0 saturated heterocycles. The van der Waals surface area contributed by atoms with E-state index in [-0.39, 0.29) is 17.4 Å². The van der Waals surface area contributed by atoms with Crippen molar-refractivity contribution in [1.82, 2.24) is 10.2 Å². The number of hydrogen-bond donors (Lipinski definition) is 4. The molecule has 1 atom stereocenters. The Labute approximate surface area is 150 Å². The summed E-state index contributed by atoms with van der Waals surface area (Å²) in [4.78, 5) is 16.4. The van der Waals surface area contributed by atoms with E-state index in [4.69, 9.17) is 0 Å². The summed E-state index contributed by atoms with van der Waals surface area (Å²) in [7, 11) is 0.